The molecule has 2 aromatic heterocycles. The number of fused-ring (bicyclic) bond motifs is 1. The summed E-state index contributed by atoms with van der Waals surface area (Å²) in [6, 6.07) is 2.04. The molecule has 0 saturated carbocycles. The summed E-state index contributed by atoms with van der Waals surface area (Å²) < 4.78 is 5.37. The number of hydrogen-bond donors (Lipinski definition) is 1. The molecule has 4 nitrogen and oxygen atoms in total. The molecule has 0 aromatic carbocycles. The van der Waals surface area contributed by atoms with Crippen LogP contribution in [0.2, 0.25) is 0 Å². The standard InChI is InChI=1S/C11H11N3O/c1-6(2)8-5-15-10-7(3-12)4-14-11(13)9(8)10/h4-6H,1-2H3,(H2,13,14). The van der Waals surface area contributed by atoms with E-state index in [1.54, 1.807) is 6.26 Å². The van der Waals surface area contributed by atoms with Crippen molar-refractivity contribution in [3.05, 3.63) is 23.6 Å². The number of anilines is 1. The van der Waals surface area contributed by atoms with E-state index in [-0.39, 0.29) is 0 Å². The maximum Gasteiger partial charge on any atom is 0.157 e. The molecule has 76 valence electrons. The third-order valence-electron chi connectivity index (χ3n) is 2.40. The Morgan fingerprint density at radius 2 is 2.27 bits per heavy atom. The van der Waals surface area contributed by atoms with Crippen molar-refractivity contribution in [2.75, 3.05) is 5.73 Å². The van der Waals surface area contributed by atoms with Crippen molar-refractivity contribution in [1.82, 2.24) is 4.98 Å². The zero-order valence-electron chi connectivity index (χ0n) is 8.61. The third kappa shape index (κ3) is 1.33. The van der Waals surface area contributed by atoms with Gasteiger partial charge in [0.25, 0.3) is 0 Å². The Labute approximate surface area is 87.3 Å². The fourth-order valence-corrected chi connectivity index (χ4v) is 1.60. The van der Waals surface area contributed by atoms with E-state index in [2.05, 4.69) is 4.98 Å². The van der Waals surface area contributed by atoms with Crippen LogP contribution >= 0.6 is 0 Å². The molecule has 0 unspecified atom stereocenters. The van der Waals surface area contributed by atoms with Gasteiger partial charge in [0.05, 0.1) is 17.8 Å². The third-order valence-corrected chi connectivity index (χ3v) is 2.40. The molecular weight excluding hydrogens is 190 g/mol. The fourth-order valence-electron chi connectivity index (χ4n) is 1.60. The van der Waals surface area contributed by atoms with Crippen molar-refractivity contribution in [1.29, 1.82) is 5.26 Å². The van der Waals surface area contributed by atoms with Gasteiger partial charge in [-0.25, -0.2) is 4.98 Å². The number of nitriles is 1. The van der Waals surface area contributed by atoms with Gasteiger partial charge in [-0.3, -0.25) is 0 Å². The fraction of sp³-hybridized carbons (Fsp3) is 0.273. The number of nitrogens with two attached hydrogens (primary N) is 1. The lowest BCUT2D eigenvalue weighted by Crippen LogP contribution is -1.94. The lowest BCUT2D eigenvalue weighted by Gasteiger charge is -2.02. The summed E-state index contributed by atoms with van der Waals surface area (Å²) in [5, 5.41) is 9.65. The lowest BCUT2D eigenvalue weighted by atomic mass is 10.0. The Kier molecular flexibility index (Phi) is 2.09. The highest BCUT2D eigenvalue weighted by molar-refractivity contribution is 5.93. The van der Waals surface area contributed by atoms with E-state index in [0.29, 0.717) is 22.9 Å². The highest BCUT2D eigenvalue weighted by Gasteiger charge is 2.15. The van der Waals surface area contributed by atoms with E-state index in [1.165, 1.54) is 6.20 Å². The first-order valence-electron chi connectivity index (χ1n) is 4.70. The molecule has 15 heavy (non-hydrogen) atoms. The summed E-state index contributed by atoms with van der Waals surface area (Å²) in [4.78, 5) is 3.99. The van der Waals surface area contributed by atoms with Crippen molar-refractivity contribution >= 4 is 16.8 Å². The summed E-state index contributed by atoms with van der Waals surface area (Å²) in [5.74, 6) is 0.714. The van der Waals surface area contributed by atoms with Gasteiger partial charge in [-0.15, -0.1) is 0 Å². The predicted octanol–water partition coefficient (Wildman–Crippen LogP) is 2.41. The van der Waals surface area contributed by atoms with Crippen molar-refractivity contribution in [3.63, 3.8) is 0 Å². The summed E-state index contributed by atoms with van der Waals surface area (Å²) in [6.07, 6.45) is 3.08. The van der Waals surface area contributed by atoms with Gasteiger partial charge in [0.15, 0.2) is 5.58 Å². The predicted molar refractivity (Wildman–Crippen MR) is 57.2 cm³/mol. The van der Waals surface area contributed by atoms with Crippen molar-refractivity contribution in [3.8, 4) is 6.07 Å². The van der Waals surface area contributed by atoms with Gasteiger partial charge in [-0.05, 0) is 5.92 Å². The lowest BCUT2D eigenvalue weighted by molar-refractivity contribution is 0.605. The smallest absolute Gasteiger partial charge is 0.157 e. The second-order valence-electron chi connectivity index (χ2n) is 3.72. The maximum absolute atomic E-state index is 8.88. The normalized spacial score (nSPS) is 10.8. The molecule has 0 saturated heterocycles. The molecule has 4 heteroatoms. The summed E-state index contributed by atoms with van der Waals surface area (Å²) >= 11 is 0. The second kappa shape index (κ2) is 3.28. The maximum atomic E-state index is 8.88. The molecule has 0 spiro atoms. The van der Waals surface area contributed by atoms with E-state index in [1.807, 2.05) is 19.9 Å². The van der Waals surface area contributed by atoms with Gasteiger partial charge in [-0.2, -0.15) is 5.26 Å². The van der Waals surface area contributed by atoms with Crippen LogP contribution in [0.15, 0.2) is 16.9 Å². The van der Waals surface area contributed by atoms with Gasteiger partial charge in [-0.1, -0.05) is 13.8 Å². The van der Waals surface area contributed by atoms with Gasteiger partial charge in [0.2, 0.25) is 0 Å². The molecule has 2 rings (SSSR count). The Bertz CT molecular complexity index is 549. The molecule has 2 heterocycles. The number of nitrogen functional groups attached to an aromatic ring is 1. The van der Waals surface area contributed by atoms with Crippen LogP contribution in [-0.4, -0.2) is 4.98 Å². The molecule has 0 fully saturated rings. The number of nitrogens with zero attached hydrogens (tertiary/aromatic N) is 2. The summed E-state index contributed by atoms with van der Waals surface area (Å²) in [7, 11) is 0. The molecule has 0 aliphatic carbocycles. The molecule has 2 aromatic rings. The monoisotopic (exact) mass is 201 g/mol. The van der Waals surface area contributed by atoms with Gasteiger partial charge in [0, 0.05) is 5.56 Å². The van der Waals surface area contributed by atoms with Crippen molar-refractivity contribution in [2.24, 2.45) is 0 Å². The van der Waals surface area contributed by atoms with Gasteiger partial charge in [0.1, 0.15) is 17.5 Å². The Balaban J connectivity index is 2.86. The average Bonchev–Trinajstić information content (AvgIpc) is 2.63. The molecule has 0 bridgehead atoms. The molecule has 2 N–H and O–H groups in total. The minimum atomic E-state index is 0.296. The van der Waals surface area contributed by atoms with Crippen molar-refractivity contribution < 1.29 is 4.42 Å². The molecule has 0 atom stereocenters. The van der Waals surface area contributed by atoms with Crippen LogP contribution in [0, 0.1) is 11.3 Å². The van der Waals surface area contributed by atoms with Crippen LogP contribution in [0.1, 0.15) is 30.9 Å². The van der Waals surface area contributed by atoms with E-state index in [9.17, 15) is 0 Å². The largest absolute Gasteiger partial charge is 0.462 e. The number of aromatic nitrogens is 1. The number of rotatable bonds is 1. The Morgan fingerprint density at radius 3 is 2.87 bits per heavy atom. The summed E-state index contributed by atoms with van der Waals surface area (Å²) in [5.41, 5.74) is 7.73. The van der Waals surface area contributed by atoms with E-state index >= 15 is 0 Å². The highest BCUT2D eigenvalue weighted by Crippen LogP contribution is 2.32. The topological polar surface area (TPSA) is 75.8 Å². The zero-order chi connectivity index (χ0) is 11.0. The molecule has 0 aliphatic rings. The van der Waals surface area contributed by atoms with E-state index in [0.717, 1.165) is 10.9 Å². The number of hydrogen-bond acceptors (Lipinski definition) is 4. The van der Waals surface area contributed by atoms with Gasteiger partial charge >= 0.3 is 0 Å². The molecule has 0 radical (unpaired) electrons. The summed E-state index contributed by atoms with van der Waals surface area (Å²) in [6.45, 7) is 4.09. The number of furan rings is 1. The minimum absolute atomic E-state index is 0.296. The average molecular weight is 201 g/mol. The molecule has 0 aliphatic heterocycles. The highest BCUT2D eigenvalue weighted by atomic mass is 16.3. The van der Waals surface area contributed by atoms with E-state index in [4.69, 9.17) is 15.4 Å². The molecular formula is C11H11N3O. The van der Waals surface area contributed by atoms with Crippen molar-refractivity contribution in [2.45, 2.75) is 19.8 Å². The first kappa shape index (κ1) is 9.53. The first-order valence-corrected chi connectivity index (χ1v) is 4.70. The quantitative estimate of drug-likeness (QED) is 0.768. The zero-order valence-corrected chi connectivity index (χ0v) is 8.61. The first-order chi connectivity index (χ1) is 7.15. The van der Waals surface area contributed by atoms with E-state index < -0.39 is 0 Å². The van der Waals surface area contributed by atoms with Crippen LogP contribution in [0.25, 0.3) is 11.0 Å². The Hall–Kier alpha value is -2.02. The molecule has 0 amide bonds. The van der Waals surface area contributed by atoms with Crippen LogP contribution < -0.4 is 5.73 Å². The van der Waals surface area contributed by atoms with Crippen LogP contribution in [0.3, 0.4) is 0 Å². The minimum Gasteiger partial charge on any atom is -0.462 e. The SMILES string of the molecule is CC(C)c1coc2c(C#N)cnc(N)c12. The van der Waals surface area contributed by atoms with Crippen LogP contribution in [0.5, 0.6) is 0 Å². The van der Waals surface area contributed by atoms with Gasteiger partial charge < -0.3 is 10.2 Å². The van der Waals surface area contributed by atoms with Crippen LogP contribution in [0.4, 0.5) is 5.82 Å². The second-order valence-corrected chi connectivity index (χ2v) is 3.72. The number of pyridine rings is 1. The van der Waals surface area contributed by atoms with Crippen LogP contribution in [-0.2, 0) is 0 Å². The Morgan fingerprint density at radius 1 is 1.53 bits per heavy atom.